The second-order valence-electron chi connectivity index (χ2n) is 6.55. The Bertz CT molecular complexity index is 1040. The summed E-state index contributed by atoms with van der Waals surface area (Å²) in [6.45, 7) is 1.91. The summed E-state index contributed by atoms with van der Waals surface area (Å²) in [5.74, 6) is 0.515. The predicted molar refractivity (Wildman–Crippen MR) is 96.2 cm³/mol. The van der Waals surface area contributed by atoms with Crippen molar-refractivity contribution in [3.63, 3.8) is 0 Å². The van der Waals surface area contributed by atoms with Crippen molar-refractivity contribution in [3.05, 3.63) is 51.2 Å². The minimum absolute atomic E-state index is 0. The highest BCUT2D eigenvalue weighted by molar-refractivity contribution is 6.33. The first-order valence-electron chi connectivity index (χ1n) is 8.11. The van der Waals surface area contributed by atoms with Crippen molar-refractivity contribution in [2.45, 2.75) is 12.6 Å². The molecule has 1 N–H and O–H groups in total. The van der Waals surface area contributed by atoms with Gasteiger partial charge in [-0.2, -0.15) is 5.10 Å². The Morgan fingerprint density at radius 3 is 2.69 bits per heavy atom. The van der Waals surface area contributed by atoms with E-state index in [1.165, 1.54) is 15.4 Å². The maximum absolute atomic E-state index is 13.9. The van der Waals surface area contributed by atoms with E-state index in [2.05, 4.69) is 20.7 Å². The van der Waals surface area contributed by atoms with E-state index in [0.717, 1.165) is 13.1 Å². The predicted octanol–water partition coefficient (Wildman–Crippen LogP) is 1.64. The first-order chi connectivity index (χ1) is 12.1. The Morgan fingerprint density at radius 2 is 1.96 bits per heavy atom. The number of nitrogens with zero attached hydrogens (tertiary/aromatic N) is 5. The van der Waals surface area contributed by atoms with Gasteiger partial charge in [0, 0.05) is 30.5 Å². The van der Waals surface area contributed by atoms with Crippen molar-refractivity contribution in [3.8, 4) is 0 Å². The van der Waals surface area contributed by atoms with E-state index in [1.807, 2.05) is 0 Å². The molecule has 3 heterocycles. The van der Waals surface area contributed by atoms with Crippen molar-refractivity contribution in [2.24, 2.45) is 11.8 Å². The number of halogens is 3. The van der Waals surface area contributed by atoms with E-state index in [-0.39, 0.29) is 52.6 Å². The van der Waals surface area contributed by atoms with Gasteiger partial charge in [-0.1, -0.05) is 35.0 Å². The van der Waals surface area contributed by atoms with Crippen molar-refractivity contribution in [1.29, 1.82) is 0 Å². The zero-order valence-electron chi connectivity index (χ0n) is 13.5. The van der Waals surface area contributed by atoms with Gasteiger partial charge >= 0.3 is 0 Å². The lowest BCUT2D eigenvalue weighted by atomic mass is 10.2. The molecule has 0 spiro atoms. The van der Waals surface area contributed by atoms with Crippen LogP contribution in [0.2, 0.25) is 5.15 Å². The van der Waals surface area contributed by atoms with Crippen molar-refractivity contribution < 1.29 is 4.39 Å². The molecule has 5 rings (SSSR count). The molecule has 3 atom stereocenters. The highest BCUT2D eigenvalue weighted by atomic mass is 35.5. The number of aromatic nitrogens is 5. The molecular weight excluding hydrogens is 382 g/mol. The van der Waals surface area contributed by atoms with E-state index in [0.29, 0.717) is 17.4 Å². The minimum atomic E-state index is -0.347. The van der Waals surface area contributed by atoms with Crippen LogP contribution in [0.4, 0.5) is 4.39 Å². The van der Waals surface area contributed by atoms with Gasteiger partial charge in [-0.25, -0.2) is 13.8 Å². The second kappa shape index (κ2) is 6.29. The largest absolute Gasteiger partial charge is 0.316 e. The molecule has 1 aliphatic heterocycles. The third-order valence-corrected chi connectivity index (χ3v) is 5.50. The fourth-order valence-electron chi connectivity index (χ4n) is 3.74. The van der Waals surface area contributed by atoms with Gasteiger partial charge in [-0.3, -0.25) is 4.79 Å². The summed E-state index contributed by atoms with van der Waals surface area (Å²) in [4.78, 5) is 12.8. The van der Waals surface area contributed by atoms with Gasteiger partial charge < -0.3 is 5.32 Å². The molecule has 7 nitrogen and oxygen atoms in total. The van der Waals surface area contributed by atoms with Gasteiger partial charge in [0.2, 0.25) is 0 Å². The summed E-state index contributed by atoms with van der Waals surface area (Å²) in [6, 6.07) is 6.47. The highest BCUT2D eigenvalue weighted by Gasteiger charge is 2.55. The van der Waals surface area contributed by atoms with Crippen molar-refractivity contribution in [2.75, 3.05) is 13.1 Å². The average Bonchev–Trinajstić information content (AvgIpc) is 2.93. The lowest BCUT2D eigenvalue weighted by molar-refractivity contribution is 0.482. The monoisotopic (exact) mass is 396 g/mol. The molecule has 0 amide bonds. The lowest BCUT2D eigenvalue weighted by Crippen LogP contribution is -2.28. The summed E-state index contributed by atoms with van der Waals surface area (Å²) >= 11 is 6.29. The number of rotatable bonds is 3. The van der Waals surface area contributed by atoms with E-state index in [4.69, 9.17) is 11.6 Å². The van der Waals surface area contributed by atoms with E-state index in [1.54, 1.807) is 18.2 Å². The van der Waals surface area contributed by atoms with Crippen LogP contribution < -0.4 is 10.9 Å². The first-order valence-corrected chi connectivity index (χ1v) is 8.48. The molecule has 0 bridgehead atoms. The number of hydrogen-bond acceptors (Lipinski definition) is 5. The summed E-state index contributed by atoms with van der Waals surface area (Å²) < 4.78 is 16.7. The summed E-state index contributed by atoms with van der Waals surface area (Å²) in [5, 5.41) is 15.9. The van der Waals surface area contributed by atoms with Crippen LogP contribution in [0.25, 0.3) is 11.0 Å². The van der Waals surface area contributed by atoms with Gasteiger partial charge in [-0.15, -0.1) is 17.5 Å². The van der Waals surface area contributed by atoms with Crippen LogP contribution in [0, 0.1) is 17.7 Å². The third-order valence-electron chi connectivity index (χ3n) is 5.13. The minimum Gasteiger partial charge on any atom is -0.316 e. The number of nitrogens with one attached hydrogen (secondary N) is 1. The molecule has 136 valence electrons. The standard InChI is InChI=1S/C16H14ClFN6O.ClH/c17-15-12-13(21-23(15)7-8-3-1-2-4-11(8)18)16(25)24(22-20-12)14-9-5-19-6-10(9)14;/h1-4,9-10,14,19H,5-7H2;1H/t9-,10+,14-;. The SMILES string of the molecule is Cl.O=c1c2nn(Cc3ccccc3F)c(Cl)c2nnn1[C@@H]1[C@@H]2CNC[C@@H]21. The van der Waals surface area contributed by atoms with E-state index < -0.39 is 0 Å². The number of benzene rings is 1. The Kier molecular flexibility index (Phi) is 4.21. The molecule has 1 aromatic carbocycles. The van der Waals surface area contributed by atoms with Gasteiger partial charge in [-0.05, 0) is 6.07 Å². The zero-order chi connectivity index (χ0) is 17.1. The fourth-order valence-corrected chi connectivity index (χ4v) is 3.97. The lowest BCUT2D eigenvalue weighted by Gasteiger charge is -2.05. The van der Waals surface area contributed by atoms with Crippen LogP contribution in [0.3, 0.4) is 0 Å². The van der Waals surface area contributed by atoms with Crippen LogP contribution in [-0.4, -0.2) is 37.9 Å². The van der Waals surface area contributed by atoms with Crippen molar-refractivity contribution in [1.82, 2.24) is 30.1 Å². The number of piperidine rings is 1. The molecule has 3 aromatic rings. The van der Waals surface area contributed by atoms with Crippen LogP contribution in [0.1, 0.15) is 11.6 Å². The maximum atomic E-state index is 13.9. The van der Waals surface area contributed by atoms with E-state index in [9.17, 15) is 9.18 Å². The quantitative estimate of drug-likeness (QED) is 0.727. The zero-order valence-corrected chi connectivity index (χ0v) is 15.0. The molecule has 1 aliphatic carbocycles. The number of hydrogen-bond donors (Lipinski definition) is 1. The molecule has 0 radical (unpaired) electrons. The molecule has 2 fully saturated rings. The normalized spacial score (nSPS) is 23.7. The third kappa shape index (κ3) is 2.52. The Morgan fingerprint density at radius 1 is 1.23 bits per heavy atom. The Hall–Kier alpha value is -2.03. The van der Waals surface area contributed by atoms with Crippen molar-refractivity contribution >= 4 is 35.0 Å². The smallest absolute Gasteiger partial charge is 0.298 e. The summed E-state index contributed by atoms with van der Waals surface area (Å²) in [5.41, 5.74) is 0.573. The molecule has 26 heavy (non-hydrogen) atoms. The van der Waals surface area contributed by atoms with Gasteiger partial charge in [0.15, 0.2) is 16.2 Å². The highest BCUT2D eigenvalue weighted by Crippen LogP contribution is 2.51. The second-order valence-corrected chi connectivity index (χ2v) is 6.91. The molecule has 1 saturated carbocycles. The van der Waals surface area contributed by atoms with E-state index >= 15 is 0 Å². The number of fused-ring (bicyclic) bond motifs is 2. The summed E-state index contributed by atoms with van der Waals surface area (Å²) in [6.07, 6.45) is 0. The van der Waals surface area contributed by atoms with Crippen LogP contribution in [-0.2, 0) is 6.54 Å². The Balaban J connectivity index is 0.00000168. The van der Waals surface area contributed by atoms with Gasteiger partial charge in [0.05, 0.1) is 12.6 Å². The topological polar surface area (TPSA) is 77.6 Å². The van der Waals surface area contributed by atoms with Crippen LogP contribution in [0.5, 0.6) is 0 Å². The fraction of sp³-hybridized carbons (Fsp3) is 0.375. The van der Waals surface area contributed by atoms with Gasteiger partial charge in [0.1, 0.15) is 5.82 Å². The maximum Gasteiger partial charge on any atom is 0.298 e. The molecule has 2 aromatic heterocycles. The van der Waals surface area contributed by atoms with Crippen LogP contribution in [0.15, 0.2) is 29.1 Å². The van der Waals surface area contributed by atoms with Gasteiger partial charge in [0.25, 0.3) is 5.56 Å². The molecule has 0 unspecified atom stereocenters. The first kappa shape index (κ1) is 17.4. The Labute approximate surface area is 158 Å². The molecule has 10 heteroatoms. The molecule has 1 saturated heterocycles. The summed E-state index contributed by atoms with van der Waals surface area (Å²) in [7, 11) is 0. The van der Waals surface area contributed by atoms with Crippen LogP contribution >= 0.6 is 24.0 Å². The molecule has 2 aliphatic rings. The average molecular weight is 397 g/mol. The molecular formula is C16H15Cl2FN6O.